The summed E-state index contributed by atoms with van der Waals surface area (Å²) in [5, 5.41) is 0.595. The van der Waals surface area contributed by atoms with Gasteiger partial charge in [-0.15, -0.1) is 0 Å². The first-order valence-electron chi connectivity index (χ1n) is 7.13. The third-order valence-electron chi connectivity index (χ3n) is 3.71. The molecule has 0 heterocycles. The van der Waals surface area contributed by atoms with Crippen molar-refractivity contribution in [1.29, 1.82) is 0 Å². The number of sulfonamides is 1. The highest BCUT2D eigenvalue weighted by molar-refractivity contribution is 9.12. The molecule has 2 aromatic rings. The first-order chi connectivity index (χ1) is 10.8. The smallest absolute Gasteiger partial charge is 0.207 e. The molecule has 1 unspecified atom stereocenters. The number of benzene rings is 2. The molecule has 1 atom stereocenters. The molecular formula is C17H19Br2NO2S. The number of rotatable bonds is 6. The summed E-state index contributed by atoms with van der Waals surface area (Å²) in [7, 11) is -1.92. The van der Waals surface area contributed by atoms with Crippen LogP contribution in [0.25, 0.3) is 0 Å². The largest absolute Gasteiger partial charge is 0.242 e. The fourth-order valence-electron chi connectivity index (χ4n) is 2.28. The van der Waals surface area contributed by atoms with Crippen molar-refractivity contribution >= 4 is 41.9 Å². The van der Waals surface area contributed by atoms with Crippen LogP contribution < -0.4 is 0 Å². The van der Waals surface area contributed by atoms with Crippen LogP contribution in [0, 0.1) is 6.92 Å². The van der Waals surface area contributed by atoms with Crippen LogP contribution in [0.1, 0.15) is 11.1 Å². The van der Waals surface area contributed by atoms with Crippen molar-refractivity contribution < 1.29 is 8.42 Å². The van der Waals surface area contributed by atoms with E-state index in [1.54, 1.807) is 19.2 Å². The predicted octanol–water partition coefficient (Wildman–Crippen LogP) is 4.30. The zero-order valence-electron chi connectivity index (χ0n) is 13.0. The van der Waals surface area contributed by atoms with Crippen LogP contribution >= 0.6 is 31.9 Å². The normalized spacial score (nSPS) is 14.7. The summed E-state index contributed by atoms with van der Waals surface area (Å²) in [6.45, 7) is 2.25. The lowest BCUT2D eigenvalue weighted by Crippen LogP contribution is -2.39. The topological polar surface area (TPSA) is 37.4 Å². The van der Waals surface area contributed by atoms with E-state index in [1.807, 2.05) is 49.4 Å². The van der Waals surface area contributed by atoms with Gasteiger partial charge in [-0.25, -0.2) is 8.42 Å². The Kier molecular flexibility index (Phi) is 6.05. The van der Waals surface area contributed by atoms with Crippen molar-refractivity contribution in [3.05, 3.63) is 65.7 Å². The number of hydrogen-bond acceptors (Lipinski definition) is 2. The maximum absolute atomic E-state index is 12.8. The molecule has 0 saturated heterocycles. The first-order valence-corrected chi connectivity index (χ1v) is 10.5. The molecule has 0 aromatic heterocycles. The molecule has 0 aliphatic carbocycles. The summed E-state index contributed by atoms with van der Waals surface area (Å²) >= 11 is 7.22. The molecule has 2 aromatic carbocycles. The van der Waals surface area contributed by atoms with Crippen LogP contribution in [0.5, 0.6) is 0 Å². The zero-order chi connectivity index (χ0) is 17.1. The van der Waals surface area contributed by atoms with Crippen LogP contribution in [0.2, 0.25) is 0 Å². The number of nitrogens with zero attached hydrogens (tertiary/aromatic N) is 1. The molecule has 3 nitrogen and oxygen atoms in total. The van der Waals surface area contributed by atoms with Crippen molar-refractivity contribution in [2.24, 2.45) is 0 Å². The van der Waals surface area contributed by atoms with Crippen LogP contribution in [-0.2, 0) is 14.3 Å². The highest BCUT2D eigenvalue weighted by Crippen LogP contribution is 2.35. The Morgan fingerprint density at radius 1 is 1.04 bits per heavy atom. The average Bonchev–Trinajstić information content (AvgIpc) is 2.56. The Labute approximate surface area is 155 Å². The van der Waals surface area contributed by atoms with Gasteiger partial charge in [-0.3, -0.25) is 0 Å². The first kappa shape index (κ1) is 18.6. The van der Waals surface area contributed by atoms with Gasteiger partial charge in [0.25, 0.3) is 0 Å². The van der Waals surface area contributed by atoms with Gasteiger partial charge in [0, 0.05) is 18.9 Å². The van der Waals surface area contributed by atoms with Crippen LogP contribution in [0.3, 0.4) is 0 Å². The molecule has 124 valence electrons. The second-order valence-electron chi connectivity index (χ2n) is 5.54. The van der Waals surface area contributed by atoms with Gasteiger partial charge in [0.2, 0.25) is 10.0 Å². The predicted molar refractivity (Wildman–Crippen MR) is 102 cm³/mol. The monoisotopic (exact) mass is 459 g/mol. The second kappa shape index (κ2) is 7.47. The van der Waals surface area contributed by atoms with Gasteiger partial charge < -0.3 is 0 Å². The summed E-state index contributed by atoms with van der Waals surface area (Å²) in [5.41, 5.74) is 2.06. The van der Waals surface area contributed by atoms with E-state index in [9.17, 15) is 8.42 Å². The molecule has 0 spiro atoms. The van der Waals surface area contributed by atoms with Crippen molar-refractivity contribution in [1.82, 2.24) is 4.31 Å². The summed E-state index contributed by atoms with van der Waals surface area (Å²) < 4.78 is 26.4. The maximum Gasteiger partial charge on any atom is 0.242 e. The number of likely N-dealkylation sites (N-methyl/N-ethyl adjacent to an activating group) is 1. The summed E-state index contributed by atoms with van der Waals surface area (Å²) in [6, 6.07) is 16.7. The van der Waals surface area contributed by atoms with Gasteiger partial charge in [-0.2, -0.15) is 4.31 Å². The molecule has 0 saturated carbocycles. The van der Waals surface area contributed by atoms with E-state index >= 15 is 0 Å². The molecule has 0 aliphatic heterocycles. The standard InChI is InChI=1S/C17H19Br2NO2S/c1-14-8-10-16(11-9-14)23(21,22)20(2)13-17(19,12-18)15-6-4-3-5-7-15/h3-11H,12-13H2,1-2H3. The van der Waals surface area contributed by atoms with E-state index in [2.05, 4.69) is 31.9 Å². The van der Waals surface area contributed by atoms with E-state index < -0.39 is 14.3 Å². The molecule has 2 rings (SSSR count). The number of aryl methyl sites for hydroxylation is 1. The average molecular weight is 461 g/mol. The fourth-order valence-corrected chi connectivity index (χ4v) is 4.81. The molecule has 0 aliphatic rings. The lowest BCUT2D eigenvalue weighted by molar-refractivity contribution is 0.436. The summed E-state index contributed by atoms with van der Waals surface area (Å²) in [4.78, 5) is 0.308. The quantitative estimate of drug-likeness (QED) is 0.602. The number of alkyl halides is 2. The molecule has 23 heavy (non-hydrogen) atoms. The highest BCUT2D eigenvalue weighted by atomic mass is 79.9. The third kappa shape index (κ3) is 4.24. The molecule has 0 fully saturated rings. The van der Waals surface area contributed by atoms with Crippen LogP contribution in [-0.4, -0.2) is 31.6 Å². The maximum atomic E-state index is 12.8. The van der Waals surface area contributed by atoms with E-state index in [0.29, 0.717) is 16.8 Å². The van der Waals surface area contributed by atoms with Gasteiger partial charge in [0.15, 0.2) is 0 Å². The van der Waals surface area contributed by atoms with Gasteiger partial charge >= 0.3 is 0 Å². The molecule has 0 bridgehead atoms. The van der Waals surface area contributed by atoms with E-state index in [0.717, 1.165) is 11.1 Å². The Balaban J connectivity index is 2.29. The van der Waals surface area contributed by atoms with Crippen LogP contribution in [0.15, 0.2) is 59.5 Å². The Morgan fingerprint density at radius 2 is 1.61 bits per heavy atom. The van der Waals surface area contributed by atoms with E-state index in [-0.39, 0.29) is 0 Å². The molecule has 6 heteroatoms. The fraction of sp³-hybridized carbons (Fsp3) is 0.294. The SMILES string of the molecule is Cc1ccc(S(=O)(=O)N(C)CC(Br)(CBr)c2ccccc2)cc1. The Morgan fingerprint density at radius 3 is 2.13 bits per heavy atom. The molecule has 0 N–H and O–H groups in total. The molecular weight excluding hydrogens is 442 g/mol. The number of halogens is 2. The van der Waals surface area contributed by atoms with Crippen molar-refractivity contribution in [2.75, 3.05) is 18.9 Å². The number of hydrogen-bond donors (Lipinski definition) is 0. The minimum absolute atomic E-state index is 0.308. The van der Waals surface area contributed by atoms with Crippen LogP contribution in [0.4, 0.5) is 0 Å². The van der Waals surface area contributed by atoms with Crippen molar-refractivity contribution in [2.45, 2.75) is 16.1 Å². The minimum Gasteiger partial charge on any atom is -0.207 e. The second-order valence-corrected chi connectivity index (χ2v) is 9.66. The van der Waals surface area contributed by atoms with Gasteiger partial charge in [0.1, 0.15) is 0 Å². The Hall–Kier alpha value is -0.690. The molecule has 0 radical (unpaired) electrons. The summed E-state index contributed by atoms with van der Waals surface area (Å²) in [5.74, 6) is 0. The third-order valence-corrected chi connectivity index (χ3v) is 8.22. The zero-order valence-corrected chi connectivity index (χ0v) is 17.0. The summed E-state index contributed by atoms with van der Waals surface area (Å²) in [6.07, 6.45) is 0. The lowest BCUT2D eigenvalue weighted by Gasteiger charge is -2.30. The van der Waals surface area contributed by atoms with Crippen molar-refractivity contribution in [3.63, 3.8) is 0 Å². The lowest BCUT2D eigenvalue weighted by atomic mass is 10.0. The van der Waals surface area contributed by atoms with E-state index in [4.69, 9.17) is 0 Å². The minimum atomic E-state index is -3.52. The highest BCUT2D eigenvalue weighted by Gasteiger charge is 2.33. The Bertz CT molecular complexity index is 748. The van der Waals surface area contributed by atoms with Gasteiger partial charge in [-0.05, 0) is 24.6 Å². The van der Waals surface area contributed by atoms with Gasteiger partial charge in [0.05, 0.1) is 9.22 Å². The van der Waals surface area contributed by atoms with Crippen molar-refractivity contribution in [3.8, 4) is 0 Å². The van der Waals surface area contributed by atoms with Gasteiger partial charge in [-0.1, -0.05) is 79.9 Å². The molecule has 0 amide bonds. The van der Waals surface area contributed by atoms with E-state index in [1.165, 1.54) is 4.31 Å².